The van der Waals surface area contributed by atoms with Gasteiger partial charge < -0.3 is 4.57 Å². The Hall–Kier alpha value is -2.06. The number of nitriles is 1. The number of halogens is 1. The largest absolute Gasteiger partial charge is 0.346 e. The van der Waals surface area contributed by atoms with Crippen molar-refractivity contribution in [3.05, 3.63) is 52.9 Å². The molecule has 0 aliphatic heterocycles. The van der Waals surface area contributed by atoms with Gasteiger partial charge in [-0.05, 0) is 37.1 Å². The molecule has 0 fully saturated rings. The van der Waals surface area contributed by atoms with Crippen molar-refractivity contribution in [3.8, 4) is 6.07 Å². The molecule has 2 aromatic heterocycles. The van der Waals surface area contributed by atoms with E-state index in [-0.39, 0.29) is 0 Å². The molecule has 2 heterocycles. The molecule has 0 saturated carbocycles. The van der Waals surface area contributed by atoms with E-state index in [9.17, 15) is 5.26 Å². The van der Waals surface area contributed by atoms with Gasteiger partial charge in [-0.1, -0.05) is 15.9 Å². The van der Waals surface area contributed by atoms with Gasteiger partial charge in [0.2, 0.25) is 0 Å². The molecular weight excluding hydrogens is 328 g/mol. The van der Waals surface area contributed by atoms with E-state index in [1.807, 2.05) is 35.3 Å². The Morgan fingerprint density at radius 3 is 2.86 bits per heavy atom. The predicted octanol–water partition coefficient (Wildman–Crippen LogP) is 3.95. The van der Waals surface area contributed by atoms with E-state index < -0.39 is 0 Å². The summed E-state index contributed by atoms with van der Waals surface area (Å²) in [5.41, 5.74) is 1.85. The zero-order valence-electron chi connectivity index (χ0n) is 11.5. The molecule has 106 valence electrons. The molecule has 21 heavy (non-hydrogen) atoms. The molecule has 0 atom stereocenters. The number of hydrogen-bond acceptors (Lipinski definition) is 2. The van der Waals surface area contributed by atoms with Gasteiger partial charge in [0.1, 0.15) is 6.07 Å². The van der Waals surface area contributed by atoms with Gasteiger partial charge in [-0.25, -0.2) is 0 Å². The number of benzene rings is 1. The van der Waals surface area contributed by atoms with E-state index >= 15 is 0 Å². The smallest absolute Gasteiger partial charge is 0.101 e. The Balaban J connectivity index is 1.71. The zero-order valence-corrected chi connectivity index (χ0v) is 13.1. The fourth-order valence-electron chi connectivity index (χ4n) is 2.53. The van der Waals surface area contributed by atoms with Crippen LogP contribution in [0.1, 0.15) is 18.4 Å². The monoisotopic (exact) mass is 342 g/mol. The molecule has 0 N–H and O–H groups in total. The Labute approximate surface area is 131 Å². The second kappa shape index (κ2) is 6.15. The lowest BCUT2D eigenvalue weighted by Gasteiger charge is -2.06. The number of unbranched alkanes of at least 4 members (excludes halogenated alkanes) is 1. The first kappa shape index (κ1) is 13.9. The van der Waals surface area contributed by atoms with Crippen LogP contribution < -0.4 is 0 Å². The maximum Gasteiger partial charge on any atom is 0.101 e. The number of hydrogen-bond donors (Lipinski definition) is 0. The van der Waals surface area contributed by atoms with Crippen molar-refractivity contribution >= 4 is 26.8 Å². The summed E-state index contributed by atoms with van der Waals surface area (Å²) in [6, 6.07) is 10.3. The van der Waals surface area contributed by atoms with Gasteiger partial charge in [-0.2, -0.15) is 10.4 Å². The highest BCUT2D eigenvalue weighted by molar-refractivity contribution is 9.10. The van der Waals surface area contributed by atoms with Crippen molar-refractivity contribution in [3.63, 3.8) is 0 Å². The molecule has 0 aliphatic carbocycles. The lowest BCUT2D eigenvalue weighted by molar-refractivity contribution is 0.527. The summed E-state index contributed by atoms with van der Waals surface area (Å²) >= 11 is 3.46. The first-order chi connectivity index (χ1) is 10.3. The van der Waals surface area contributed by atoms with Gasteiger partial charge in [-0.15, -0.1) is 0 Å². The number of aryl methyl sites for hydroxylation is 2. The summed E-state index contributed by atoms with van der Waals surface area (Å²) in [6.07, 6.45) is 7.86. The molecule has 0 spiro atoms. The minimum Gasteiger partial charge on any atom is -0.346 e. The zero-order chi connectivity index (χ0) is 14.7. The van der Waals surface area contributed by atoms with E-state index in [0.29, 0.717) is 0 Å². The highest BCUT2D eigenvalue weighted by atomic mass is 79.9. The third-order valence-corrected chi connectivity index (χ3v) is 4.05. The third-order valence-electron chi connectivity index (χ3n) is 3.56. The number of fused-ring (bicyclic) bond motifs is 1. The molecule has 0 bridgehead atoms. The molecule has 0 saturated heterocycles. The van der Waals surface area contributed by atoms with Crippen molar-refractivity contribution in [1.82, 2.24) is 14.3 Å². The number of aromatic nitrogens is 3. The number of rotatable bonds is 5. The Morgan fingerprint density at radius 1 is 1.24 bits per heavy atom. The average Bonchev–Trinajstić information content (AvgIpc) is 3.11. The normalized spacial score (nSPS) is 10.9. The van der Waals surface area contributed by atoms with Crippen molar-refractivity contribution < 1.29 is 0 Å². The maximum absolute atomic E-state index is 9.25. The third kappa shape index (κ3) is 3.01. The highest BCUT2D eigenvalue weighted by Crippen LogP contribution is 2.25. The fraction of sp³-hybridized carbons (Fsp3) is 0.250. The fourth-order valence-corrected chi connectivity index (χ4v) is 2.89. The van der Waals surface area contributed by atoms with Crippen LogP contribution in [0.3, 0.4) is 0 Å². The van der Waals surface area contributed by atoms with Crippen LogP contribution in [0.15, 0.2) is 47.3 Å². The van der Waals surface area contributed by atoms with Gasteiger partial charge in [0, 0.05) is 47.1 Å². The summed E-state index contributed by atoms with van der Waals surface area (Å²) in [4.78, 5) is 0. The quantitative estimate of drug-likeness (QED) is 0.659. The number of nitrogens with zero attached hydrogens (tertiary/aromatic N) is 4. The molecular formula is C16H15BrN4. The summed E-state index contributed by atoms with van der Waals surface area (Å²) < 4.78 is 5.12. The molecule has 0 unspecified atom stereocenters. The van der Waals surface area contributed by atoms with Gasteiger partial charge in [0.15, 0.2) is 0 Å². The Bertz CT molecular complexity index is 781. The van der Waals surface area contributed by atoms with Crippen molar-refractivity contribution in [2.24, 2.45) is 0 Å². The Morgan fingerprint density at radius 2 is 2.10 bits per heavy atom. The van der Waals surface area contributed by atoms with Crippen LogP contribution in [0.25, 0.3) is 10.9 Å². The molecule has 3 rings (SSSR count). The van der Waals surface area contributed by atoms with E-state index in [0.717, 1.165) is 46.9 Å². The predicted molar refractivity (Wildman–Crippen MR) is 85.8 cm³/mol. The summed E-state index contributed by atoms with van der Waals surface area (Å²) in [6.45, 7) is 1.85. The van der Waals surface area contributed by atoms with Crippen LogP contribution in [0, 0.1) is 11.3 Å². The molecule has 1 aromatic carbocycles. The van der Waals surface area contributed by atoms with Gasteiger partial charge >= 0.3 is 0 Å². The summed E-state index contributed by atoms with van der Waals surface area (Å²) in [5.74, 6) is 0. The van der Waals surface area contributed by atoms with Crippen LogP contribution >= 0.6 is 15.9 Å². The highest BCUT2D eigenvalue weighted by Gasteiger charge is 2.08. The van der Waals surface area contributed by atoms with Gasteiger partial charge in [0.05, 0.1) is 5.56 Å². The van der Waals surface area contributed by atoms with Crippen LogP contribution in [0.4, 0.5) is 0 Å². The van der Waals surface area contributed by atoms with Crippen molar-refractivity contribution in [1.29, 1.82) is 5.26 Å². The lowest BCUT2D eigenvalue weighted by atomic mass is 10.2. The molecule has 0 amide bonds. The minimum atomic E-state index is 0.735. The van der Waals surface area contributed by atoms with Crippen LogP contribution in [0.2, 0.25) is 0 Å². The molecule has 0 aliphatic rings. The van der Waals surface area contributed by atoms with E-state index in [2.05, 4.69) is 37.7 Å². The van der Waals surface area contributed by atoms with Gasteiger partial charge in [-0.3, -0.25) is 4.68 Å². The second-order valence-corrected chi connectivity index (χ2v) is 5.90. The topological polar surface area (TPSA) is 46.5 Å². The van der Waals surface area contributed by atoms with Crippen LogP contribution in [-0.2, 0) is 13.1 Å². The van der Waals surface area contributed by atoms with Crippen LogP contribution in [-0.4, -0.2) is 14.3 Å². The van der Waals surface area contributed by atoms with Crippen molar-refractivity contribution in [2.75, 3.05) is 0 Å². The molecule has 4 nitrogen and oxygen atoms in total. The molecule has 0 radical (unpaired) electrons. The van der Waals surface area contributed by atoms with E-state index in [4.69, 9.17) is 0 Å². The first-order valence-corrected chi connectivity index (χ1v) is 7.73. The average molecular weight is 343 g/mol. The SMILES string of the molecule is N#Cc1cn(CCCCn2cccn2)c2ccc(Br)cc12. The lowest BCUT2D eigenvalue weighted by Crippen LogP contribution is -2.01. The molecule has 5 heteroatoms. The van der Waals surface area contributed by atoms with E-state index in [1.54, 1.807) is 6.20 Å². The summed E-state index contributed by atoms with van der Waals surface area (Å²) in [7, 11) is 0. The Kier molecular flexibility index (Phi) is 4.07. The van der Waals surface area contributed by atoms with Crippen LogP contribution in [0.5, 0.6) is 0 Å². The van der Waals surface area contributed by atoms with Crippen molar-refractivity contribution in [2.45, 2.75) is 25.9 Å². The molecule has 3 aromatic rings. The van der Waals surface area contributed by atoms with E-state index in [1.165, 1.54) is 0 Å². The second-order valence-electron chi connectivity index (χ2n) is 4.99. The maximum atomic E-state index is 9.25. The first-order valence-electron chi connectivity index (χ1n) is 6.94. The van der Waals surface area contributed by atoms with Gasteiger partial charge in [0.25, 0.3) is 0 Å². The summed E-state index contributed by atoms with van der Waals surface area (Å²) in [5, 5.41) is 14.5. The minimum absolute atomic E-state index is 0.735. The standard InChI is InChI=1S/C16H15BrN4/c17-14-4-5-16-15(10-14)13(11-18)12-20(16)7-1-2-8-21-9-3-6-19-21/h3-6,9-10,12H,1-2,7-8H2.